The van der Waals surface area contributed by atoms with E-state index < -0.39 is 0 Å². The highest BCUT2D eigenvalue weighted by molar-refractivity contribution is 6.00. The van der Waals surface area contributed by atoms with Gasteiger partial charge in [0.15, 0.2) is 0 Å². The summed E-state index contributed by atoms with van der Waals surface area (Å²) >= 11 is 0. The Morgan fingerprint density at radius 3 is 2.76 bits per heavy atom. The number of pyridine rings is 1. The number of aromatic nitrogens is 4. The number of hydrogen-bond acceptors (Lipinski definition) is 5. The molecule has 1 aliphatic rings. The summed E-state index contributed by atoms with van der Waals surface area (Å²) in [7, 11) is 2.17. The molecule has 0 bridgehead atoms. The first-order valence-electron chi connectivity index (χ1n) is 7.29. The number of benzene rings is 1. The van der Waals surface area contributed by atoms with Crippen molar-refractivity contribution < 1.29 is 0 Å². The molecule has 0 amide bonds. The zero-order chi connectivity index (χ0) is 14.2. The van der Waals surface area contributed by atoms with E-state index in [9.17, 15) is 0 Å². The third-order valence-corrected chi connectivity index (χ3v) is 4.19. The van der Waals surface area contributed by atoms with E-state index >= 15 is 0 Å². The highest BCUT2D eigenvalue weighted by atomic mass is 15.5. The second kappa shape index (κ2) is 5.05. The lowest BCUT2D eigenvalue weighted by Gasteiger charge is -2.32. The van der Waals surface area contributed by atoms with Crippen molar-refractivity contribution >= 4 is 21.9 Å². The van der Waals surface area contributed by atoms with Gasteiger partial charge in [-0.1, -0.05) is 17.3 Å². The summed E-state index contributed by atoms with van der Waals surface area (Å²) in [5, 5.41) is 9.78. The number of hydrogen-bond donors (Lipinski definition) is 0. The summed E-state index contributed by atoms with van der Waals surface area (Å²) in [5.74, 6) is 0. The molecule has 1 fully saturated rings. The van der Waals surface area contributed by atoms with Crippen LogP contribution in [0.25, 0.3) is 21.9 Å². The molecule has 0 atom stereocenters. The van der Waals surface area contributed by atoms with E-state index in [0.29, 0.717) is 0 Å². The van der Waals surface area contributed by atoms with Gasteiger partial charge >= 0.3 is 0 Å². The molecule has 1 saturated heterocycles. The van der Waals surface area contributed by atoms with Crippen molar-refractivity contribution in [1.82, 2.24) is 29.8 Å². The number of rotatable bonds is 2. The van der Waals surface area contributed by atoms with Crippen LogP contribution in [0, 0.1) is 0 Å². The molecule has 108 valence electrons. The Bertz CT molecular complexity index is 772. The van der Waals surface area contributed by atoms with E-state index in [1.807, 2.05) is 10.7 Å². The van der Waals surface area contributed by atoms with Crippen LogP contribution in [0.1, 0.15) is 0 Å². The fourth-order valence-electron chi connectivity index (χ4n) is 2.86. The molecular weight excluding hydrogens is 264 g/mol. The van der Waals surface area contributed by atoms with E-state index in [0.717, 1.165) is 54.8 Å². The second-order valence-electron chi connectivity index (χ2n) is 5.66. The van der Waals surface area contributed by atoms with Crippen molar-refractivity contribution in [3.05, 3.63) is 30.5 Å². The molecule has 1 aliphatic heterocycles. The van der Waals surface area contributed by atoms with Gasteiger partial charge in [-0.3, -0.25) is 9.88 Å². The van der Waals surface area contributed by atoms with Crippen LogP contribution in [0.3, 0.4) is 0 Å². The van der Waals surface area contributed by atoms with Gasteiger partial charge in [0.2, 0.25) is 0 Å². The summed E-state index contributed by atoms with van der Waals surface area (Å²) in [6.45, 7) is 5.16. The molecule has 0 saturated carbocycles. The highest BCUT2D eigenvalue weighted by Crippen LogP contribution is 2.21. The van der Waals surface area contributed by atoms with E-state index in [1.54, 1.807) is 6.20 Å². The number of fused-ring (bicyclic) bond motifs is 3. The predicted molar refractivity (Wildman–Crippen MR) is 81.9 cm³/mol. The molecule has 0 radical (unpaired) electrons. The van der Waals surface area contributed by atoms with Crippen LogP contribution in [0.5, 0.6) is 0 Å². The van der Waals surface area contributed by atoms with Gasteiger partial charge in [-0.25, -0.2) is 4.68 Å². The molecular formula is C15H18N6. The minimum Gasteiger partial charge on any atom is -0.304 e. The minimum atomic E-state index is 0.794. The van der Waals surface area contributed by atoms with Crippen molar-refractivity contribution in [3.8, 4) is 0 Å². The van der Waals surface area contributed by atoms with Crippen molar-refractivity contribution in [3.63, 3.8) is 0 Å². The molecule has 4 rings (SSSR count). The van der Waals surface area contributed by atoms with Crippen LogP contribution >= 0.6 is 0 Å². The molecule has 3 aromatic rings. The summed E-state index contributed by atoms with van der Waals surface area (Å²) < 4.78 is 1.98. The average molecular weight is 282 g/mol. The Kier molecular flexibility index (Phi) is 3.05. The molecule has 2 aromatic heterocycles. The summed E-state index contributed by atoms with van der Waals surface area (Å²) in [5.41, 5.74) is 2.88. The maximum absolute atomic E-state index is 4.44. The molecule has 0 unspecified atom stereocenters. The van der Waals surface area contributed by atoms with Crippen LogP contribution in [0.2, 0.25) is 0 Å². The van der Waals surface area contributed by atoms with E-state index in [-0.39, 0.29) is 0 Å². The summed E-state index contributed by atoms with van der Waals surface area (Å²) in [6, 6.07) is 8.19. The van der Waals surface area contributed by atoms with Gasteiger partial charge in [-0.15, -0.1) is 5.10 Å². The molecule has 0 spiro atoms. The van der Waals surface area contributed by atoms with Gasteiger partial charge in [-0.2, -0.15) is 0 Å². The third-order valence-electron chi connectivity index (χ3n) is 4.19. The lowest BCUT2D eigenvalue weighted by Crippen LogP contribution is -2.45. The normalized spacial score (nSPS) is 17.8. The zero-order valence-electron chi connectivity index (χ0n) is 12.1. The van der Waals surface area contributed by atoms with Crippen molar-refractivity contribution in [2.45, 2.75) is 6.67 Å². The second-order valence-corrected chi connectivity index (χ2v) is 5.66. The van der Waals surface area contributed by atoms with Gasteiger partial charge < -0.3 is 4.90 Å². The quantitative estimate of drug-likeness (QED) is 0.706. The average Bonchev–Trinajstić information content (AvgIpc) is 2.93. The Morgan fingerprint density at radius 2 is 1.90 bits per heavy atom. The van der Waals surface area contributed by atoms with Gasteiger partial charge in [0.25, 0.3) is 0 Å². The van der Waals surface area contributed by atoms with Crippen LogP contribution in [0.4, 0.5) is 0 Å². The molecule has 6 heteroatoms. The van der Waals surface area contributed by atoms with E-state index in [4.69, 9.17) is 0 Å². The summed E-state index contributed by atoms with van der Waals surface area (Å²) in [4.78, 5) is 9.21. The number of likely N-dealkylation sites (N-methyl/N-ethyl adjacent to an activating group) is 1. The van der Waals surface area contributed by atoms with Gasteiger partial charge in [-0.05, 0) is 19.2 Å². The number of piperazine rings is 1. The van der Waals surface area contributed by atoms with E-state index in [1.165, 1.54) is 0 Å². The molecule has 21 heavy (non-hydrogen) atoms. The van der Waals surface area contributed by atoms with Gasteiger partial charge in [0.05, 0.1) is 17.7 Å². The molecule has 3 heterocycles. The Balaban J connectivity index is 1.68. The Hall–Kier alpha value is -2.05. The predicted octanol–water partition coefficient (Wildman–Crippen LogP) is 1.18. The lowest BCUT2D eigenvalue weighted by molar-refractivity contribution is 0.120. The first kappa shape index (κ1) is 12.7. The first-order valence-corrected chi connectivity index (χ1v) is 7.29. The zero-order valence-corrected chi connectivity index (χ0v) is 12.1. The maximum Gasteiger partial charge on any atom is 0.139 e. The minimum absolute atomic E-state index is 0.794. The Morgan fingerprint density at radius 1 is 1.05 bits per heavy atom. The number of nitrogens with zero attached hydrogens (tertiary/aromatic N) is 6. The molecule has 0 aliphatic carbocycles. The fourth-order valence-corrected chi connectivity index (χ4v) is 2.86. The maximum atomic E-state index is 4.44. The highest BCUT2D eigenvalue weighted by Gasteiger charge is 2.16. The van der Waals surface area contributed by atoms with Crippen molar-refractivity contribution in [2.75, 3.05) is 33.2 Å². The van der Waals surface area contributed by atoms with Crippen molar-refractivity contribution in [1.29, 1.82) is 0 Å². The first-order chi connectivity index (χ1) is 10.3. The smallest absolute Gasteiger partial charge is 0.139 e. The fraction of sp³-hybridized carbons (Fsp3) is 0.400. The lowest BCUT2D eigenvalue weighted by atomic mass is 10.2. The third kappa shape index (κ3) is 2.26. The van der Waals surface area contributed by atoms with E-state index in [2.05, 4.69) is 50.3 Å². The van der Waals surface area contributed by atoms with Crippen LogP contribution < -0.4 is 0 Å². The monoisotopic (exact) mass is 282 g/mol. The van der Waals surface area contributed by atoms with Crippen LogP contribution in [0.15, 0.2) is 30.5 Å². The Labute approximate surface area is 123 Å². The molecule has 0 N–H and O–H groups in total. The van der Waals surface area contributed by atoms with Gasteiger partial charge in [0, 0.05) is 37.8 Å². The summed E-state index contributed by atoms with van der Waals surface area (Å²) in [6.07, 6.45) is 1.81. The molecule has 6 nitrogen and oxygen atoms in total. The van der Waals surface area contributed by atoms with Gasteiger partial charge in [0.1, 0.15) is 5.52 Å². The van der Waals surface area contributed by atoms with Crippen LogP contribution in [-0.4, -0.2) is 63.0 Å². The van der Waals surface area contributed by atoms with Crippen LogP contribution in [-0.2, 0) is 6.67 Å². The SMILES string of the molecule is CN1CCN(Cn2nnc3c4ncccc4ccc32)CC1. The van der Waals surface area contributed by atoms with Crippen molar-refractivity contribution in [2.24, 2.45) is 0 Å². The topological polar surface area (TPSA) is 50.1 Å². The molecule has 1 aromatic carbocycles. The largest absolute Gasteiger partial charge is 0.304 e. The standard InChI is InChI=1S/C15H18N6/c1-19-7-9-20(10-8-19)11-21-13-5-4-12-3-2-6-16-14(12)15(13)17-18-21/h2-6H,7-11H2,1H3.